The number of nitro groups is 1. The standard InChI is InChI=1S/C26H30N4O5/c1-17-7-9-19-20(15-17)26(32)29(25(19)31)18-8-10-21(23(16-18)30(33)34)27-11-13-28(14-12-27)22-5-3-4-6-24(22)35-2/h3-6,8,10,16-17,19-20H,7,9,11-15H2,1-2H3/t17-,19-,20-/m1/s1. The van der Waals surface area contributed by atoms with Crippen molar-refractivity contribution >= 4 is 34.6 Å². The summed E-state index contributed by atoms with van der Waals surface area (Å²) in [6, 6.07) is 12.6. The molecule has 0 aromatic heterocycles. The number of fused-ring (bicyclic) bond motifs is 1. The van der Waals surface area contributed by atoms with Crippen LogP contribution in [-0.4, -0.2) is 50.0 Å². The van der Waals surface area contributed by atoms with Crippen LogP contribution in [0.5, 0.6) is 5.75 Å². The number of nitro benzene ring substituents is 1. The number of hydrogen-bond acceptors (Lipinski definition) is 7. The summed E-state index contributed by atoms with van der Waals surface area (Å²) >= 11 is 0. The first kappa shape index (κ1) is 23.1. The third kappa shape index (κ3) is 4.09. The zero-order valence-corrected chi connectivity index (χ0v) is 20.1. The van der Waals surface area contributed by atoms with Crippen molar-refractivity contribution < 1.29 is 19.2 Å². The van der Waals surface area contributed by atoms with Gasteiger partial charge in [-0.25, -0.2) is 4.90 Å². The molecule has 0 unspecified atom stereocenters. The number of piperazine rings is 1. The molecule has 3 atom stereocenters. The van der Waals surface area contributed by atoms with Crippen LogP contribution in [0.25, 0.3) is 0 Å². The molecule has 0 N–H and O–H groups in total. The van der Waals surface area contributed by atoms with Crippen LogP contribution in [0.15, 0.2) is 42.5 Å². The molecule has 3 aliphatic rings. The molecule has 2 aromatic rings. The fourth-order valence-electron chi connectivity index (χ4n) is 5.79. The molecule has 2 aliphatic heterocycles. The molecule has 1 saturated carbocycles. The van der Waals surface area contributed by atoms with Gasteiger partial charge in [0.1, 0.15) is 11.4 Å². The number of anilines is 3. The number of benzene rings is 2. The van der Waals surface area contributed by atoms with Crippen LogP contribution in [0.2, 0.25) is 0 Å². The third-order valence-corrected chi connectivity index (χ3v) is 7.65. The first-order chi connectivity index (χ1) is 16.9. The van der Waals surface area contributed by atoms with Crippen molar-refractivity contribution in [2.75, 3.05) is 48.0 Å². The van der Waals surface area contributed by atoms with Crippen molar-refractivity contribution in [3.8, 4) is 5.75 Å². The Hall–Kier alpha value is -3.62. The smallest absolute Gasteiger partial charge is 0.294 e. The maximum atomic E-state index is 13.1. The molecule has 9 heteroatoms. The summed E-state index contributed by atoms with van der Waals surface area (Å²) in [7, 11) is 1.64. The molecule has 5 rings (SSSR count). The molecule has 184 valence electrons. The summed E-state index contributed by atoms with van der Waals surface area (Å²) in [6.07, 6.45) is 2.32. The average molecular weight is 479 g/mol. The molecule has 0 radical (unpaired) electrons. The molecule has 2 amide bonds. The molecular formula is C26H30N4O5. The third-order valence-electron chi connectivity index (χ3n) is 7.65. The number of hydrogen-bond donors (Lipinski definition) is 0. The normalized spacial score (nSPS) is 24.5. The van der Waals surface area contributed by atoms with E-state index in [4.69, 9.17) is 4.74 Å². The van der Waals surface area contributed by atoms with Crippen LogP contribution in [0, 0.1) is 27.9 Å². The molecule has 0 spiro atoms. The summed E-state index contributed by atoms with van der Waals surface area (Å²) in [5, 5.41) is 12.0. The Kier molecular flexibility index (Phi) is 6.08. The lowest BCUT2D eigenvalue weighted by atomic mass is 9.76. The van der Waals surface area contributed by atoms with Crippen molar-refractivity contribution in [1.29, 1.82) is 0 Å². The average Bonchev–Trinajstić information content (AvgIpc) is 3.12. The van der Waals surface area contributed by atoms with Crippen LogP contribution in [0.1, 0.15) is 26.2 Å². The van der Waals surface area contributed by atoms with Crippen LogP contribution >= 0.6 is 0 Å². The number of imide groups is 1. The van der Waals surface area contributed by atoms with Gasteiger partial charge in [-0.15, -0.1) is 0 Å². The van der Waals surface area contributed by atoms with E-state index in [9.17, 15) is 19.7 Å². The maximum absolute atomic E-state index is 13.1. The summed E-state index contributed by atoms with van der Waals surface area (Å²) in [4.78, 5) is 43.1. The lowest BCUT2D eigenvalue weighted by Gasteiger charge is -2.37. The highest BCUT2D eigenvalue weighted by molar-refractivity contribution is 6.22. The van der Waals surface area contributed by atoms with Crippen LogP contribution < -0.4 is 19.4 Å². The van der Waals surface area contributed by atoms with Crippen molar-refractivity contribution in [1.82, 2.24) is 0 Å². The molecular weight excluding hydrogens is 448 g/mol. The van der Waals surface area contributed by atoms with E-state index in [1.54, 1.807) is 19.2 Å². The van der Waals surface area contributed by atoms with Gasteiger partial charge in [-0.2, -0.15) is 0 Å². The lowest BCUT2D eigenvalue weighted by molar-refractivity contribution is -0.384. The zero-order chi connectivity index (χ0) is 24.7. The van der Waals surface area contributed by atoms with E-state index in [1.165, 1.54) is 11.0 Å². The van der Waals surface area contributed by atoms with E-state index in [2.05, 4.69) is 11.8 Å². The molecule has 2 aromatic carbocycles. The molecule has 1 aliphatic carbocycles. The fourth-order valence-corrected chi connectivity index (χ4v) is 5.79. The van der Waals surface area contributed by atoms with E-state index in [-0.39, 0.29) is 29.3 Å². The van der Waals surface area contributed by atoms with E-state index in [0.29, 0.717) is 56.3 Å². The van der Waals surface area contributed by atoms with Gasteiger partial charge < -0.3 is 14.5 Å². The zero-order valence-electron chi connectivity index (χ0n) is 20.1. The molecule has 9 nitrogen and oxygen atoms in total. The summed E-state index contributed by atoms with van der Waals surface area (Å²) in [5.41, 5.74) is 1.71. The molecule has 2 heterocycles. The number of methoxy groups -OCH3 is 1. The Labute approximate surface area is 204 Å². The van der Waals surface area contributed by atoms with Gasteiger partial charge in [0.05, 0.1) is 35.2 Å². The number of para-hydroxylation sites is 2. The van der Waals surface area contributed by atoms with Crippen LogP contribution in [-0.2, 0) is 9.59 Å². The highest BCUT2D eigenvalue weighted by Gasteiger charge is 2.50. The predicted octanol–water partition coefficient (Wildman–Crippen LogP) is 3.86. The summed E-state index contributed by atoms with van der Waals surface area (Å²) < 4.78 is 5.48. The van der Waals surface area contributed by atoms with Crippen molar-refractivity contribution in [2.45, 2.75) is 26.2 Å². The Morgan fingerprint density at radius 2 is 1.57 bits per heavy atom. The van der Waals surface area contributed by atoms with Crippen molar-refractivity contribution in [3.05, 3.63) is 52.6 Å². The van der Waals surface area contributed by atoms with Crippen molar-refractivity contribution in [3.63, 3.8) is 0 Å². The largest absolute Gasteiger partial charge is 0.495 e. The topological polar surface area (TPSA) is 96.2 Å². The Balaban J connectivity index is 1.37. The van der Waals surface area contributed by atoms with Gasteiger partial charge in [0.25, 0.3) is 5.69 Å². The molecule has 3 fully saturated rings. The highest BCUT2D eigenvalue weighted by atomic mass is 16.6. The second-order valence-electron chi connectivity index (χ2n) is 9.72. The number of ether oxygens (including phenoxy) is 1. The highest BCUT2D eigenvalue weighted by Crippen LogP contribution is 2.43. The van der Waals surface area contributed by atoms with Crippen molar-refractivity contribution in [2.24, 2.45) is 17.8 Å². The Morgan fingerprint density at radius 3 is 2.26 bits per heavy atom. The minimum absolute atomic E-state index is 0.0860. The van der Waals surface area contributed by atoms with Crippen LogP contribution in [0.4, 0.5) is 22.7 Å². The van der Waals surface area contributed by atoms with Gasteiger partial charge in [-0.1, -0.05) is 19.1 Å². The maximum Gasteiger partial charge on any atom is 0.294 e. The van der Waals surface area contributed by atoms with Gasteiger partial charge in [-0.05, 0) is 49.4 Å². The fraction of sp³-hybridized carbons (Fsp3) is 0.462. The predicted molar refractivity (Wildman–Crippen MR) is 133 cm³/mol. The number of amides is 2. The number of rotatable bonds is 5. The number of carbonyl (C=O) groups excluding carboxylic acids is 2. The van der Waals surface area contributed by atoms with E-state index >= 15 is 0 Å². The van der Waals surface area contributed by atoms with E-state index in [1.807, 2.05) is 29.2 Å². The minimum atomic E-state index is -0.425. The molecule has 2 saturated heterocycles. The second kappa shape index (κ2) is 9.20. The Morgan fingerprint density at radius 1 is 0.914 bits per heavy atom. The first-order valence-electron chi connectivity index (χ1n) is 12.2. The number of nitrogens with zero attached hydrogens (tertiary/aromatic N) is 4. The summed E-state index contributed by atoms with van der Waals surface area (Å²) in [5.74, 6) is 0.136. The molecule has 0 bridgehead atoms. The first-order valence-corrected chi connectivity index (χ1v) is 12.2. The van der Waals surface area contributed by atoms with Gasteiger partial charge in [-0.3, -0.25) is 19.7 Å². The van der Waals surface area contributed by atoms with E-state index in [0.717, 1.165) is 17.9 Å². The molecule has 35 heavy (non-hydrogen) atoms. The van der Waals surface area contributed by atoms with Gasteiger partial charge in [0.15, 0.2) is 0 Å². The van der Waals surface area contributed by atoms with Crippen LogP contribution in [0.3, 0.4) is 0 Å². The minimum Gasteiger partial charge on any atom is -0.495 e. The Bertz CT molecular complexity index is 1160. The number of carbonyl (C=O) groups is 2. The second-order valence-corrected chi connectivity index (χ2v) is 9.72. The van der Waals surface area contributed by atoms with Gasteiger partial charge in [0, 0.05) is 32.2 Å². The summed E-state index contributed by atoms with van der Waals surface area (Å²) in [6.45, 7) is 4.67. The van der Waals surface area contributed by atoms with Gasteiger partial charge >= 0.3 is 0 Å². The van der Waals surface area contributed by atoms with Gasteiger partial charge in [0.2, 0.25) is 11.8 Å². The monoisotopic (exact) mass is 478 g/mol. The quantitative estimate of drug-likeness (QED) is 0.366. The van der Waals surface area contributed by atoms with E-state index < -0.39 is 4.92 Å². The SMILES string of the molecule is COc1ccccc1N1CCN(c2ccc(N3C(=O)[C@@H]4CC[C@@H](C)C[C@H]4C3=O)cc2[N+](=O)[O-])CC1. The lowest BCUT2D eigenvalue weighted by Crippen LogP contribution is -2.46.